The maximum Gasteiger partial charge on any atom is 0.256 e. The molecule has 4 heterocycles. The Balaban J connectivity index is 0. The fourth-order valence-corrected chi connectivity index (χ4v) is 6.02. The molecule has 6 amide bonds. The van der Waals surface area contributed by atoms with Gasteiger partial charge >= 0.3 is 0 Å². The molecule has 0 aromatic heterocycles. The molecule has 0 saturated carbocycles. The van der Waals surface area contributed by atoms with E-state index in [1.165, 1.54) is 30.9 Å². The summed E-state index contributed by atoms with van der Waals surface area (Å²) in [5.74, 6) is -6.52. The third-order valence-corrected chi connectivity index (χ3v) is 10.1. The van der Waals surface area contributed by atoms with Gasteiger partial charge in [0.2, 0.25) is 23.5 Å². The second-order valence-corrected chi connectivity index (χ2v) is 19.3. The number of Topliss-reactive ketones (excluding diaryl/α,β-unsaturated/α-hetero) is 1. The molecule has 0 aliphatic carbocycles. The maximum absolute atomic E-state index is 13.3. The lowest BCUT2D eigenvalue weighted by Gasteiger charge is -2.21. The van der Waals surface area contributed by atoms with Crippen molar-refractivity contribution in [3.05, 3.63) is 53.4 Å². The number of amides is 6. The van der Waals surface area contributed by atoms with E-state index in [9.17, 15) is 51.1 Å². The van der Waals surface area contributed by atoms with Crippen LogP contribution in [0.1, 0.15) is 162 Å². The molecule has 72 heavy (non-hydrogen) atoms. The number of carbonyl (C=O) groups excluding carboxylic acids is 7. The van der Waals surface area contributed by atoms with Crippen LogP contribution in [0.15, 0.2) is 24.6 Å². The van der Waals surface area contributed by atoms with Gasteiger partial charge in [0.25, 0.3) is 17.7 Å². The zero-order chi connectivity index (χ0) is 56.8. The molecule has 16 nitrogen and oxygen atoms in total. The molecule has 5 rings (SSSR count). The van der Waals surface area contributed by atoms with Crippen LogP contribution in [-0.2, 0) is 48.0 Å². The van der Waals surface area contributed by atoms with Crippen molar-refractivity contribution in [2.24, 2.45) is 23.7 Å². The number of nitrogens with one attached hydrogen (secondary N) is 1. The first-order chi connectivity index (χ1) is 33.0. The highest BCUT2D eigenvalue weighted by Gasteiger charge is 2.38. The zero-order valence-corrected chi connectivity index (χ0v) is 46.1. The number of halogens is 4. The molecule has 2 unspecified atom stereocenters. The predicted molar refractivity (Wildman–Crippen MR) is 266 cm³/mol. The molecule has 2 atom stereocenters. The van der Waals surface area contributed by atoms with E-state index in [1.54, 1.807) is 39.5 Å². The molecule has 4 aliphatic heterocycles. The quantitative estimate of drug-likeness (QED) is 0.0585. The first-order valence-electron chi connectivity index (χ1n) is 24.2. The number of methoxy groups -OCH3 is 1. The van der Waals surface area contributed by atoms with E-state index >= 15 is 0 Å². The second-order valence-electron chi connectivity index (χ2n) is 19.3. The number of allylic oxidation sites excluding steroid dienone is 2. The van der Waals surface area contributed by atoms with Gasteiger partial charge in [-0.1, -0.05) is 54.7 Å². The minimum Gasteiger partial charge on any atom is -0.485 e. The molecule has 410 valence electrons. The summed E-state index contributed by atoms with van der Waals surface area (Å²) in [7, 11) is 1.52. The Morgan fingerprint density at radius 2 is 1.00 bits per heavy atom. The summed E-state index contributed by atoms with van der Waals surface area (Å²) < 4.78 is 61.5. The highest BCUT2D eigenvalue weighted by atomic mass is 19.2. The van der Waals surface area contributed by atoms with Crippen LogP contribution in [0.2, 0.25) is 0 Å². The van der Waals surface area contributed by atoms with E-state index in [1.807, 2.05) is 69.2 Å². The van der Waals surface area contributed by atoms with Crippen molar-refractivity contribution in [2.75, 3.05) is 7.11 Å². The van der Waals surface area contributed by atoms with Crippen molar-refractivity contribution in [2.45, 2.75) is 194 Å². The van der Waals surface area contributed by atoms with Gasteiger partial charge in [0.15, 0.2) is 29.1 Å². The monoisotopic (exact) mass is 1030 g/mol. The number of hydrogen-bond acceptors (Lipinski definition) is 12. The highest BCUT2D eigenvalue weighted by Crippen LogP contribution is 2.30. The Labute approximate surface area is 425 Å². The van der Waals surface area contributed by atoms with Gasteiger partial charge < -0.3 is 14.4 Å². The first-order valence-corrected chi connectivity index (χ1v) is 24.2. The number of carbonyl (C=O) groups is 7. The summed E-state index contributed by atoms with van der Waals surface area (Å²) in [6.07, 6.45) is 2.78. The molecule has 4 saturated heterocycles. The molecule has 4 aliphatic rings. The van der Waals surface area contributed by atoms with Crippen LogP contribution in [-0.4, -0.2) is 105 Å². The largest absolute Gasteiger partial charge is 0.485 e. The van der Waals surface area contributed by atoms with E-state index in [4.69, 9.17) is 19.8 Å². The fourth-order valence-electron chi connectivity index (χ4n) is 6.02. The number of hydroxylamine groups is 4. The third kappa shape index (κ3) is 22.9. The predicted octanol–water partition coefficient (Wildman–Crippen LogP) is 10.3. The number of imide groups is 2. The number of nitrogens with zero attached hydrogens (tertiary/aromatic N) is 4. The van der Waals surface area contributed by atoms with Crippen molar-refractivity contribution in [1.29, 1.82) is 5.41 Å². The van der Waals surface area contributed by atoms with Crippen LogP contribution in [0.4, 0.5) is 17.6 Å². The molecule has 20 heteroatoms. The Morgan fingerprint density at radius 1 is 0.569 bits per heavy atom. The second kappa shape index (κ2) is 32.5. The van der Waals surface area contributed by atoms with Crippen LogP contribution >= 0.6 is 0 Å². The average Bonchev–Trinajstić information content (AvgIpc) is 3.95. The Hall–Kier alpha value is -5.50. The number of benzene rings is 1. The van der Waals surface area contributed by atoms with Crippen LogP contribution < -0.4 is 4.74 Å². The SMILES string of the molecule is C=C1CCC(=O)N1C(C)C.C=C1CCC(=O)N1OC(C)C.CC(=O)C(C)C.CC(C)ON1C(=O)CC(C)C1=O.CC1CC(=O)N(C(C)C)C1=O.COC(=N)C(C)C.Cc1c(F)c(F)c(F)c(OC(C)C)c1F. The van der Waals surface area contributed by atoms with Crippen molar-refractivity contribution < 1.29 is 70.3 Å². The standard InChI is InChI=1S/C10H10F4O.C8H13NO3.2C8H13NO2.C8H13NO.C5H11NO.C5H10O/c1-4(2)15-10-7(12)5(3)6(11)8(13)9(10)14;1-5(2)12-9-7(10)4-6(3)8(9)11;1-6(2)11-9-7(3)4-5-8(9)10;1-5(2)9-7(10)4-6(3)8(9)11;1-6(2)9-7(3)4-5-8(9)10;1-4(2)5(6)7-3;1-4(2)5(3)6/h4H,1-3H3;5-6H,4H2,1-3H3;6H,3-5H2,1-2H3;5-6H,4H2,1-3H3;6H,3-5H2,1-2H3;4,6H,1-3H3;4H,1-3H3. The highest BCUT2D eigenvalue weighted by molar-refractivity contribution is 6.03. The summed E-state index contributed by atoms with van der Waals surface area (Å²) in [5, 5.41) is 9.16. The van der Waals surface area contributed by atoms with E-state index in [0.29, 0.717) is 25.2 Å². The maximum atomic E-state index is 13.3. The van der Waals surface area contributed by atoms with E-state index in [2.05, 4.69) is 17.9 Å². The smallest absolute Gasteiger partial charge is 0.256 e. The summed E-state index contributed by atoms with van der Waals surface area (Å²) >= 11 is 0. The fraction of sp³-hybridized carbons (Fsp3) is 0.654. The minimum atomic E-state index is -1.72. The van der Waals surface area contributed by atoms with Gasteiger partial charge in [-0.3, -0.25) is 53.5 Å². The molecule has 0 spiro atoms. The van der Waals surface area contributed by atoms with E-state index in [-0.39, 0.29) is 95.6 Å². The number of ketones is 1. The van der Waals surface area contributed by atoms with Crippen LogP contribution in [0.3, 0.4) is 0 Å². The number of rotatable bonds is 10. The summed E-state index contributed by atoms with van der Waals surface area (Å²) in [6, 6.07) is 0.294. The molecule has 1 aromatic rings. The topological polar surface area (TPSA) is 193 Å². The van der Waals surface area contributed by atoms with Gasteiger partial charge in [0.1, 0.15) is 5.78 Å². The van der Waals surface area contributed by atoms with Gasteiger partial charge in [-0.15, -0.1) is 0 Å². The number of ether oxygens (including phenoxy) is 2. The molecule has 1 aromatic carbocycles. The van der Waals surface area contributed by atoms with Crippen LogP contribution in [0.5, 0.6) is 5.75 Å². The van der Waals surface area contributed by atoms with Crippen molar-refractivity contribution in [3.63, 3.8) is 0 Å². The van der Waals surface area contributed by atoms with Crippen LogP contribution in [0.25, 0.3) is 0 Å². The summed E-state index contributed by atoms with van der Waals surface area (Å²) in [5.41, 5.74) is 1.15. The molecule has 1 N–H and O–H groups in total. The third-order valence-electron chi connectivity index (χ3n) is 10.1. The Morgan fingerprint density at radius 3 is 1.26 bits per heavy atom. The molecule has 0 bridgehead atoms. The molecule has 4 fully saturated rings. The molecular formula is C52H83F4N5O11. The molecule has 0 radical (unpaired) electrons. The lowest BCUT2D eigenvalue weighted by atomic mass is 10.1. The van der Waals surface area contributed by atoms with Gasteiger partial charge in [-0.2, -0.15) is 14.5 Å². The zero-order valence-electron chi connectivity index (χ0n) is 46.1. The van der Waals surface area contributed by atoms with Gasteiger partial charge in [0, 0.05) is 78.4 Å². The Kier molecular flexibility index (Phi) is 31.0. The average molecular weight is 1030 g/mol. The van der Waals surface area contributed by atoms with Gasteiger partial charge in [0.05, 0.1) is 25.4 Å². The minimum absolute atomic E-state index is 0.0138. The summed E-state index contributed by atoms with van der Waals surface area (Å²) in [6.45, 7) is 39.4. The van der Waals surface area contributed by atoms with E-state index < -0.39 is 40.7 Å². The van der Waals surface area contributed by atoms with Crippen molar-refractivity contribution in [3.8, 4) is 5.75 Å². The first kappa shape index (κ1) is 68.6. The van der Waals surface area contributed by atoms with Crippen molar-refractivity contribution in [1.82, 2.24) is 19.9 Å². The summed E-state index contributed by atoms with van der Waals surface area (Å²) in [4.78, 5) is 90.4. The van der Waals surface area contributed by atoms with E-state index in [0.717, 1.165) is 36.2 Å². The normalized spacial score (nSPS) is 17.4. The molecular weight excluding hydrogens is 947 g/mol. The van der Waals surface area contributed by atoms with Crippen molar-refractivity contribution >= 4 is 47.1 Å². The number of likely N-dealkylation sites (tertiary alicyclic amines) is 2. The number of hydrogen-bond donors (Lipinski definition) is 1. The van der Waals surface area contributed by atoms with Gasteiger partial charge in [-0.25, -0.2) is 13.2 Å². The lowest BCUT2D eigenvalue weighted by molar-refractivity contribution is -0.199. The van der Waals surface area contributed by atoms with Gasteiger partial charge in [-0.05, 0) is 95.9 Å². The lowest BCUT2D eigenvalue weighted by Crippen LogP contribution is -2.36. The Bertz CT molecular complexity index is 2000. The van der Waals surface area contributed by atoms with Crippen LogP contribution in [0, 0.1) is 59.3 Å².